The SMILES string of the molecule is CCCC1CCCCN1Cc1ccc(OC)cc1N. The molecule has 1 fully saturated rings. The van der Waals surface area contributed by atoms with E-state index in [-0.39, 0.29) is 0 Å². The lowest BCUT2D eigenvalue weighted by atomic mass is 9.97. The third-order valence-electron chi connectivity index (χ3n) is 4.10. The average molecular weight is 262 g/mol. The molecule has 1 atom stereocenters. The highest BCUT2D eigenvalue weighted by atomic mass is 16.5. The van der Waals surface area contributed by atoms with Gasteiger partial charge in [-0.05, 0) is 37.4 Å². The Bertz CT molecular complexity index is 404. The Morgan fingerprint density at radius 2 is 2.21 bits per heavy atom. The quantitative estimate of drug-likeness (QED) is 0.826. The van der Waals surface area contributed by atoms with Gasteiger partial charge in [0.05, 0.1) is 7.11 Å². The average Bonchev–Trinajstić information content (AvgIpc) is 2.43. The van der Waals surface area contributed by atoms with Crippen LogP contribution in [0.3, 0.4) is 0 Å². The first-order valence-corrected chi connectivity index (χ1v) is 7.41. The van der Waals surface area contributed by atoms with Crippen LogP contribution >= 0.6 is 0 Å². The molecular formula is C16H26N2O. The molecule has 0 bridgehead atoms. The number of ether oxygens (including phenoxy) is 1. The Morgan fingerprint density at radius 3 is 2.89 bits per heavy atom. The fraction of sp³-hybridized carbons (Fsp3) is 0.625. The summed E-state index contributed by atoms with van der Waals surface area (Å²) in [4.78, 5) is 2.60. The molecule has 0 saturated carbocycles. The van der Waals surface area contributed by atoms with E-state index in [0.29, 0.717) is 0 Å². The molecule has 1 aromatic carbocycles. The first-order valence-electron chi connectivity index (χ1n) is 7.41. The summed E-state index contributed by atoms with van der Waals surface area (Å²) in [6.45, 7) is 4.45. The van der Waals surface area contributed by atoms with E-state index in [1.165, 1.54) is 44.2 Å². The largest absolute Gasteiger partial charge is 0.497 e. The van der Waals surface area contributed by atoms with Gasteiger partial charge in [0.15, 0.2) is 0 Å². The highest BCUT2D eigenvalue weighted by Gasteiger charge is 2.22. The van der Waals surface area contributed by atoms with Gasteiger partial charge in [0.25, 0.3) is 0 Å². The molecule has 0 amide bonds. The van der Waals surface area contributed by atoms with Crippen molar-refractivity contribution < 1.29 is 4.74 Å². The molecule has 1 saturated heterocycles. The molecule has 3 heteroatoms. The van der Waals surface area contributed by atoms with Crippen LogP contribution in [0.15, 0.2) is 18.2 Å². The zero-order chi connectivity index (χ0) is 13.7. The highest BCUT2D eigenvalue weighted by Crippen LogP contribution is 2.26. The van der Waals surface area contributed by atoms with Crippen LogP contribution in [0.4, 0.5) is 5.69 Å². The summed E-state index contributed by atoms with van der Waals surface area (Å²) < 4.78 is 5.21. The second-order valence-electron chi connectivity index (χ2n) is 5.47. The van der Waals surface area contributed by atoms with Gasteiger partial charge in [0.2, 0.25) is 0 Å². The van der Waals surface area contributed by atoms with Crippen molar-refractivity contribution in [2.24, 2.45) is 0 Å². The van der Waals surface area contributed by atoms with E-state index in [1.54, 1.807) is 7.11 Å². The van der Waals surface area contributed by atoms with Crippen molar-refractivity contribution >= 4 is 5.69 Å². The Hall–Kier alpha value is -1.22. The van der Waals surface area contributed by atoms with Gasteiger partial charge < -0.3 is 10.5 Å². The molecule has 1 unspecified atom stereocenters. The fourth-order valence-corrected chi connectivity index (χ4v) is 2.99. The summed E-state index contributed by atoms with van der Waals surface area (Å²) >= 11 is 0. The van der Waals surface area contributed by atoms with E-state index < -0.39 is 0 Å². The summed E-state index contributed by atoms with van der Waals surface area (Å²) in [5, 5.41) is 0. The molecule has 2 N–H and O–H groups in total. The minimum atomic E-state index is 0.736. The lowest BCUT2D eigenvalue weighted by Gasteiger charge is -2.36. The first-order chi connectivity index (χ1) is 9.24. The first kappa shape index (κ1) is 14.2. The summed E-state index contributed by atoms with van der Waals surface area (Å²) in [5.74, 6) is 0.838. The van der Waals surface area contributed by atoms with Crippen molar-refractivity contribution in [1.82, 2.24) is 4.90 Å². The van der Waals surface area contributed by atoms with Crippen molar-refractivity contribution in [3.05, 3.63) is 23.8 Å². The highest BCUT2D eigenvalue weighted by molar-refractivity contribution is 5.51. The number of piperidine rings is 1. The predicted molar refractivity (Wildman–Crippen MR) is 80.4 cm³/mol. The van der Waals surface area contributed by atoms with Crippen molar-refractivity contribution in [3.8, 4) is 5.75 Å². The number of anilines is 1. The zero-order valence-electron chi connectivity index (χ0n) is 12.2. The molecule has 1 aliphatic heterocycles. The molecule has 1 aliphatic rings. The minimum absolute atomic E-state index is 0.736. The van der Waals surface area contributed by atoms with Gasteiger partial charge in [-0.15, -0.1) is 0 Å². The smallest absolute Gasteiger partial charge is 0.120 e. The second-order valence-corrected chi connectivity index (χ2v) is 5.47. The Morgan fingerprint density at radius 1 is 1.37 bits per heavy atom. The Balaban J connectivity index is 2.06. The Labute approximate surface area is 116 Å². The molecule has 0 spiro atoms. The van der Waals surface area contributed by atoms with E-state index in [2.05, 4.69) is 17.9 Å². The molecule has 0 radical (unpaired) electrons. The zero-order valence-corrected chi connectivity index (χ0v) is 12.2. The predicted octanol–water partition coefficient (Wildman–Crippen LogP) is 3.43. The number of nitrogens with two attached hydrogens (primary N) is 1. The molecule has 106 valence electrons. The number of rotatable bonds is 5. The summed E-state index contributed by atoms with van der Waals surface area (Å²) in [7, 11) is 1.68. The van der Waals surface area contributed by atoms with E-state index in [4.69, 9.17) is 10.5 Å². The number of likely N-dealkylation sites (tertiary alicyclic amines) is 1. The third-order valence-corrected chi connectivity index (χ3v) is 4.10. The summed E-state index contributed by atoms with van der Waals surface area (Å²) in [5.41, 5.74) is 8.20. The van der Waals surface area contributed by atoms with Crippen LogP contribution in [-0.4, -0.2) is 24.6 Å². The fourth-order valence-electron chi connectivity index (χ4n) is 2.99. The van der Waals surface area contributed by atoms with Crippen LogP contribution in [0, 0.1) is 0 Å². The van der Waals surface area contributed by atoms with Crippen LogP contribution in [-0.2, 0) is 6.54 Å². The Kier molecular flexibility index (Phi) is 5.08. The van der Waals surface area contributed by atoms with Gasteiger partial charge in [-0.25, -0.2) is 0 Å². The van der Waals surface area contributed by atoms with Crippen molar-refractivity contribution in [3.63, 3.8) is 0 Å². The number of nitrogens with zero attached hydrogens (tertiary/aromatic N) is 1. The molecule has 3 nitrogen and oxygen atoms in total. The molecule has 0 aromatic heterocycles. The second kappa shape index (κ2) is 6.80. The van der Waals surface area contributed by atoms with Crippen molar-refractivity contribution in [1.29, 1.82) is 0 Å². The maximum absolute atomic E-state index is 6.13. The maximum Gasteiger partial charge on any atom is 0.120 e. The number of nitrogen functional groups attached to an aromatic ring is 1. The molecule has 1 heterocycles. The third kappa shape index (κ3) is 3.63. The lowest BCUT2D eigenvalue weighted by molar-refractivity contribution is 0.132. The summed E-state index contributed by atoms with van der Waals surface area (Å²) in [6, 6.07) is 6.77. The van der Waals surface area contributed by atoms with Crippen LogP contribution in [0.5, 0.6) is 5.75 Å². The van der Waals surface area contributed by atoms with Gasteiger partial charge in [-0.1, -0.05) is 25.8 Å². The molecule has 0 aliphatic carbocycles. The topological polar surface area (TPSA) is 38.5 Å². The van der Waals surface area contributed by atoms with Gasteiger partial charge >= 0.3 is 0 Å². The molecule has 2 rings (SSSR count). The van der Waals surface area contributed by atoms with Gasteiger partial charge in [-0.2, -0.15) is 0 Å². The van der Waals surface area contributed by atoms with Crippen molar-refractivity contribution in [2.75, 3.05) is 19.4 Å². The number of methoxy groups -OCH3 is 1. The van der Waals surface area contributed by atoms with Crippen LogP contribution in [0.25, 0.3) is 0 Å². The van der Waals surface area contributed by atoms with E-state index >= 15 is 0 Å². The van der Waals surface area contributed by atoms with E-state index in [9.17, 15) is 0 Å². The minimum Gasteiger partial charge on any atom is -0.497 e. The van der Waals surface area contributed by atoms with Gasteiger partial charge in [-0.3, -0.25) is 4.90 Å². The van der Waals surface area contributed by atoms with Crippen LogP contribution < -0.4 is 10.5 Å². The van der Waals surface area contributed by atoms with E-state index in [0.717, 1.165) is 24.0 Å². The number of hydrogen-bond acceptors (Lipinski definition) is 3. The van der Waals surface area contributed by atoms with Crippen LogP contribution in [0.2, 0.25) is 0 Å². The standard InChI is InChI=1S/C16H26N2O/c1-3-6-14-7-4-5-10-18(14)12-13-8-9-15(19-2)11-16(13)17/h8-9,11,14H,3-7,10,12,17H2,1-2H3. The molecule has 19 heavy (non-hydrogen) atoms. The van der Waals surface area contributed by atoms with E-state index in [1.807, 2.05) is 12.1 Å². The lowest BCUT2D eigenvalue weighted by Crippen LogP contribution is -2.38. The van der Waals surface area contributed by atoms with Gasteiger partial charge in [0, 0.05) is 24.3 Å². The van der Waals surface area contributed by atoms with Crippen LogP contribution in [0.1, 0.15) is 44.6 Å². The summed E-state index contributed by atoms with van der Waals surface area (Å²) in [6.07, 6.45) is 6.59. The monoisotopic (exact) mass is 262 g/mol. The van der Waals surface area contributed by atoms with Gasteiger partial charge in [0.1, 0.15) is 5.75 Å². The maximum atomic E-state index is 6.13. The molecule has 1 aromatic rings. The number of hydrogen-bond donors (Lipinski definition) is 1. The molecular weight excluding hydrogens is 236 g/mol. The van der Waals surface area contributed by atoms with Crippen molar-refractivity contribution in [2.45, 2.75) is 51.6 Å². The normalized spacial score (nSPS) is 20.4. The number of benzene rings is 1.